The highest BCUT2D eigenvalue weighted by Gasteiger charge is 2.32. The van der Waals surface area contributed by atoms with Crippen molar-refractivity contribution in [3.8, 4) is 0 Å². The number of carbonyl (C=O) groups is 6. The lowest BCUT2D eigenvalue weighted by Crippen LogP contribution is -2.60. The van der Waals surface area contributed by atoms with Crippen molar-refractivity contribution in [1.82, 2.24) is 42.5 Å². The van der Waals surface area contributed by atoms with E-state index >= 15 is 0 Å². The third kappa shape index (κ3) is 19.4. The zero-order valence-corrected chi connectivity index (χ0v) is 28.7. The first-order chi connectivity index (χ1) is 23.4. The van der Waals surface area contributed by atoms with Gasteiger partial charge in [-0.3, -0.25) is 45.0 Å². The van der Waals surface area contributed by atoms with Gasteiger partial charge in [-0.05, 0) is 44.4 Å². The van der Waals surface area contributed by atoms with Crippen LogP contribution in [-0.2, 0) is 28.8 Å². The highest BCUT2D eigenvalue weighted by Crippen LogP contribution is 2.06. The Hall–Kier alpha value is -5.41. The van der Waals surface area contributed by atoms with Crippen molar-refractivity contribution in [3.05, 3.63) is 0 Å². The van der Waals surface area contributed by atoms with Gasteiger partial charge in [0, 0.05) is 26.6 Å². The van der Waals surface area contributed by atoms with Gasteiger partial charge in [-0.2, -0.15) is 0 Å². The van der Waals surface area contributed by atoms with E-state index in [9.17, 15) is 33.9 Å². The number of guanidine groups is 3. The fourth-order valence-corrected chi connectivity index (χ4v) is 4.44. The molecule has 0 aromatic heterocycles. The molecule has 0 aromatic rings. The maximum absolute atomic E-state index is 13.6. The first-order valence-corrected chi connectivity index (χ1v) is 16.0. The largest absolute Gasteiger partial charge is 0.394 e. The Morgan fingerprint density at radius 1 is 0.560 bits per heavy atom. The van der Waals surface area contributed by atoms with E-state index in [0.717, 1.165) is 0 Å². The van der Waals surface area contributed by atoms with Crippen LogP contribution in [0.2, 0.25) is 0 Å². The number of amides is 6. The Labute approximate surface area is 290 Å². The van der Waals surface area contributed by atoms with Crippen molar-refractivity contribution in [2.24, 2.45) is 28.9 Å². The van der Waals surface area contributed by atoms with Gasteiger partial charge in [-0.25, -0.2) is 0 Å². The van der Waals surface area contributed by atoms with E-state index < -0.39 is 72.3 Å². The second-order valence-electron chi connectivity index (χ2n) is 11.7. The van der Waals surface area contributed by atoms with Gasteiger partial charge in [0.05, 0.1) is 6.61 Å². The number of aliphatic hydroxyl groups excluding tert-OH is 1. The first-order valence-electron chi connectivity index (χ1n) is 16.0. The normalized spacial score (nSPS) is 13.6. The Balaban J connectivity index is 6.07. The number of hydrogen-bond acceptors (Lipinski definition) is 10. The van der Waals surface area contributed by atoms with Crippen LogP contribution in [0.1, 0.15) is 59.3 Å². The minimum atomic E-state index is -1.52. The van der Waals surface area contributed by atoms with Crippen LogP contribution >= 0.6 is 0 Å². The molecule has 0 saturated carbocycles. The molecule has 0 spiro atoms. The number of carbonyl (C=O) groups excluding carboxylic acids is 6. The molecular formula is C28H55N15O7. The van der Waals surface area contributed by atoms with E-state index in [1.165, 1.54) is 6.92 Å². The molecule has 20 N–H and O–H groups in total. The summed E-state index contributed by atoms with van der Waals surface area (Å²) in [6.45, 7) is 4.24. The number of hydrogen-bond donors (Lipinski definition) is 16. The second kappa shape index (κ2) is 23.8. The number of aliphatic hydroxyl groups is 1. The van der Waals surface area contributed by atoms with Gasteiger partial charge in [0.1, 0.15) is 30.2 Å². The zero-order chi connectivity index (χ0) is 38.4. The highest BCUT2D eigenvalue weighted by molar-refractivity contribution is 5.96. The molecule has 0 aliphatic heterocycles. The van der Waals surface area contributed by atoms with E-state index in [1.807, 2.05) is 0 Å². The van der Waals surface area contributed by atoms with E-state index in [1.54, 1.807) is 13.8 Å². The van der Waals surface area contributed by atoms with Crippen molar-refractivity contribution in [3.63, 3.8) is 0 Å². The van der Waals surface area contributed by atoms with Crippen LogP contribution in [0.5, 0.6) is 0 Å². The van der Waals surface area contributed by atoms with Gasteiger partial charge < -0.3 is 70.6 Å². The predicted molar refractivity (Wildman–Crippen MR) is 184 cm³/mol. The fraction of sp³-hybridized carbons (Fsp3) is 0.679. The Bertz CT molecular complexity index is 1200. The SMILES string of the molecule is CC(=O)N[C@H](C(=O)N[C@@H](CO)C(=O)N[C@@H](CCCNC(=N)N)C(=O)N[C@@H](CCCNC(=N)N)C(=O)N[C@@H](CCCNC(=N)N)C(N)=O)C(C)C. The van der Waals surface area contributed by atoms with Crippen molar-refractivity contribution in [2.45, 2.75) is 89.5 Å². The van der Waals surface area contributed by atoms with Crippen LogP contribution in [-0.4, -0.2) is 115 Å². The maximum Gasteiger partial charge on any atom is 0.245 e. The van der Waals surface area contributed by atoms with E-state index in [4.69, 9.17) is 39.2 Å². The fourth-order valence-electron chi connectivity index (χ4n) is 4.44. The average Bonchev–Trinajstić information content (AvgIpc) is 3.01. The van der Waals surface area contributed by atoms with Gasteiger partial charge in [0.2, 0.25) is 35.4 Å². The van der Waals surface area contributed by atoms with Crippen LogP contribution in [0.15, 0.2) is 0 Å². The van der Waals surface area contributed by atoms with Gasteiger partial charge in [-0.1, -0.05) is 13.8 Å². The van der Waals surface area contributed by atoms with E-state index in [0.29, 0.717) is 6.42 Å². The van der Waals surface area contributed by atoms with Crippen molar-refractivity contribution in [1.29, 1.82) is 16.2 Å². The molecule has 0 rings (SSSR count). The molecule has 284 valence electrons. The molecule has 6 amide bonds. The van der Waals surface area contributed by atoms with Crippen molar-refractivity contribution < 1.29 is 33.9 Å². The first kappa shape index (κ1) is 44.6. The summed E-state index contributed by atoms with van der Waals surface area (Å²) in [6.07, 6.45) is 0.771. The summed E-state index contributed by atoms with van der Waals surface area (Å²) in [5.41, 5.74) is 21.4. The van der Waals surface area contributed by atoms with Crippen molar-refractivity contribution in [2.75, 3.05) is 26.2 Å². The summed E-state index contributed by atoms with van der Waals surface area (Å²) >= 11 is 0. The van der Waals surface area contributed by atoms with Gasteiger partial charge >= 0.3 is 0 Å². The lowest BCUT2D eigenvalue weighted by molar-refractivity contribution is -0.136. The third-order valence-electron chi connectivity index (χ3n) is 7.00. The van der Waals surface area contributed by atoms with Gasteiger partial charge in [0.25, 0.3) is 0 Å². The summed E-state index contributed by atoms with van der Waals surface area (Å²) in [5.74, 6) is -5.89. The molecule has 0 bridgehead atoms. The molecule has 0 aromatic carbocycles. The summed E-state index contributed by atoms with van der Waals surface area (Å²) in [5, 5.41) is 52.0. The molecule has 5 atom stereocenters. The quantitative estimate of drug-likeness (QED) is 0.0252. The zero-order valence-electron chi connectivity index (χ0n) is 28.7. The van der Waals surface area contributed by atoms with Gasteiger partial charge in [0.15, 0.2) is 17.9 Å². The highest BCUT2D eigenvalue weighted by atomic mass is 16.3. The summed E-state index contributed by atoms with van der Waals surface area (Å²) in [4.78, 5) is 76.8. The monoisotopic (exact) mass is 713 g/mol. The standard InChI is InChI=1S/C28H55N15O7/c1-14(2)20(39-15(3)45)25(50)43-19(13-44)24(49)42-18(9-6-12-38-28(34)35)23(48)41-17(8-5-11-37-27(32)33)22(47)40-16(21(29)46)7-4-10-36-26(30)31/h14,16-20,44H,4-13H2,1-3H3,(H2,29,46)(H,39,45)(H,40,47)(H,41,48)(H,42,49)(H,43,50)(H4,30,31,36)(H4,32,33,37)(H4,34,35,38)/t16-,17-,18-,19-,20-/m0/s1. The molecule has 0 heterocycles. The van der Waals surface area contributed by atoms with Gasteiger partial charge in [-0.15, -0.1) is 0 Å². The second-order valence-corrected chi connectivity index (χ2v) is 11.7. The Morgan fingerprint density at radius 3 is 1.22 bits per heavy atom. The van der Waals surface area contributed by atoms with E-state index in [-0.39, 0.29) is 75.5 Å². The minimum absolute atomic E-state index is 0.00313. The number of nitrogens with two attached hydrogens (primary N) is 4. The molecule has 0 aliphatic rings. The van der Waals surface area contributed by atoms with Crippen LogP contribution in [0.3, 0.4) is 0 Å². The maximum atomic E-state index is 13.6. The van der Waals surface area contributed by atoms with Crippen LogP contribution in [0, 0.1) is 22.1 Å². The molecular weight excluding hydrogens is 658 g/mol. The summed E-state index contributed by atoms with van der Waals surface area (Å²) < 4.78 is 0. The molecule has 22 heteroatoms. The number of primary amides is 1. The van der Waals surface area contributed by atoms with Crippen molar-refractivity contribution >= 4 is 53.3 Å². The lowest BCUT2D eigenvalue weighted by Gasteiger charge is -2.27. The average molecular weight is 714 g/mol. The smallest absolute Gasteiger partial charge is 0.245 e. The molecule has 0 aliphatic carbocycles. The predicted octanol–water partition coefficient (Wildman–Crippen LogP) is -5.65. The topological polar surface area (TPSA) is 395 Å². The Morgan fingerprint density at radius 2 is 0.900 bits per heavy atom. The Kier molecular flexibility index (Phi) is 21.3. The molecule has 22 nitrogen and oxygen atoms in total. The third-order valence-corrected chi connectivity index (χ3v) is 7.00. The minimum Gasteiger partial charge on any atom is -0.394 e. The van der Waals surface area contributed by atoms with Crippen LogP contribution in [0.25, 0.3) is 0 Å². The summed E-state index contributed by atoms with van der Waals surface area (Å²) in [6, 6.07) is -6.26. The molecule has 0 fully saturated rings. The molecule has 0 saturated heterocycles. The molecule has 50 heavy (non-hydrogen) atoms. The van der Waals surface area contributed by atoms with Crippen LogP contribution in [0.4, 0.5) is 0 Å². The number of nitrogens with one attached hydrogen (secondary N) is 11. The molecule has 0 unspecified atom stereocenters. The molecule has 0 radical (unpaired) electrons. The number of rotatable bonds is 24. The van der Waals surface area contributed by atoms with Crippen LogP contribution < -0.4 is 65.5 Å². The van der Waals surface area contributed by atoms with E-state index in [2.05, 4.69) is 42.5 Å². The summed E-state index contributed by atoms with van der Waals surface area (Å²) in [7, 11) is 0. The lowest BCUT2D eigenvalue weighted by atomic mass is 10.0.